The maximum Gasteiger partial charge on any atom is 0.273 e. The molecule has 140 valence electrons. The highest BCUT2D eigenvalue weighted by Crippen LogP contribution is 2.27. The van der Waals surface area contributed by atoms with E-state index in [1.54, 1.807) is 0 Å². The van der Waals surface area contributed by atoms with Crippen molar-refractivity contribution in [3.05, 3.63) is 71.7 Å². The Morgan fingerprint density at radius 1 is 0.964 bits per heavy atom. The molecule has 2 aromatic heterocycles. The number of hydrogen-bond acceptors (Lipinski definition) is 4. The summed E-state index contributed by atoms with van der Waals surface area (Å²) in [6.45, 7) is 3.11. The number of para-hydroxylation sites is 2. The molecule has 4 aromatic rings. The maximum atomic E-state index is 12.9. The highest BCUT2D eigenvalue weighted by atomic mass is 32.1. The van der Waals surface area contributed by atoms with Crippen molar-refractivity contribution in [2.45, 2.75) is 0 Å². The molecule has 6 heteroatoms. The van der Waals surface area contributed by atoms with Gasteiger partial charge in [0.05, 0.1) is 5.69 Å². The normalized spacial score (nSPS) is 14.6. The number of nitrogens with one attached hydrogen (secondary N) is 1. The zero-order valence-corrected chi connectivity index (χ0v) is 16.2. The monoisotopic (exact) mass is 388 g/mol. The minimum absolute atomic E-state index is 0.0197. The second kappa shape index (κ2) is 7.13. The third-order valence-corrected chi connectivity index (χ3v) is 6.05. The van der Waals surface area contributed by atoms with E-state index in [4.69, 9.17) is 0 Å². The van der Waals surface area contributed by atoms with Crippen LogP contribution in [-0.2, 0) is 0 Å². The molecule has 0 radical (unpaired) electrons. The number of carbonyl (C=O) groups excluding carboxylic acids is 1. The Morgan fingerprint density at radius 2 is 1.71 bits per heavy atom. The molecule has 1 aliphatic rings. The summed E-state index contributed by atoms with van der Waals surface area (Å²) in [5.74, 6) is 0.0197. The fourth-order valence-electron chi connectivity index (χ4n) is 3.65. The highest BCUT2D eigenvalue weighted by Gasteiger charge is 2.24. The topological polar surface area (TPSA) is 52.2 Å². The number of hydrogen-bond donors (Lipinski definition) is 1. The average Bonchev–Trinajstić information content (AvgIpc) is 3.41. The molecule has 0 spiro atoms. The van der Waals surface area contributed by atoms with Crippen LogP contribution >= 0.6 is 11.3 Å². The number of thiazole rings is 1. The van der Waals surface area contributed by atoms with E-state index in [1.165, 1.54) is 17.0 Å². The van der Waals surface area contributed by atoms with Crippen LogP contribution in [0.5, 0.6) is 0 Å². The number of aromatic nitrogens is 2. The quantitative estimate of drug-likeness (QED) is 0.571. The van der Waals surface area contributed by atoms with Gasteiger partial charge in [-0.2, -0.15) is 0 Å². The molecule has 0 saturated carbocycles. The lowest BCUT2D eigenvalue weighted by Gasteiger charge is -2.35. The second-order valence-corrected chi connectivity index (χ2v) is 7.78. The summed E-state index contributed by atoms with van der Waals surface area (Å²) in [5, 5.41) is 3.87. The van der Waals surface area contributed by atoms with Gasteiger partial charge in [-0.3, -0.25) is 4.79 Å². The Kier molecular flexibility index (Phi) is 4.33. The number of benzene rings is 2. The van der Waals surface area contributed by atoms with E-state index in [9.17, 15) is 4.79 Å². The smallest absolute Gasteiger partial charge is 0.273 e. The van der Waals surface area contributed by atoms with Crippen molar-refractivity contribution >= 4 is 33.8 Å². The Hall–Kier alpha value is -3.12. The Bertz CT molecular complexity index is 1080. The van der Waals surface area contributed by atoms with Crippen LogP contribution in [0, 0.1) is 0 Å². The molecular formula is C22H20N4OS. The van der Waals surface area contributed by atoms with Crippen LogP contribution in [0.4, 0.5) is 5.69 Å². The minimum Gasteiger partial charge on any atom is -0.368 e. The predicted molar refractivity (Wildman–Crippen MR) is 114 cm³/mol. The molecule has 1 fully saturated rings. The maximum absolute atomic E-state index is 12.9. The van der Waals surface area contributed by atoms with Crippen LogP contribution in [0.15, 0.2) is 66.0 Å². The second-order valence-electron chi connectivity index (χ2n) is 6.92. The SMILES string of the molecule is O=C(c1csc(-c2cc3ccccc3[nH]2)n1)N1CCN(c2ccccc2)CC1. The lowest BCUT2D eigenvalue weighted by molar-refractivity contribution is 0.0742. The predicted octanol–water partition coefficient (Wildman–Crippen LogP) is 4.25. The number of fused-ring (bicyclic) bond motifs is 1. The zero-order valence-electron chi connectivity index (χ0n) is 15.3. The lowest BCUT2D eigenvalue weighted by Crippen LogP contribution is -2.48. The number of amides is 1. The first-order valence-corrected chi connectivity index (χ1v) is 10.3. The van der Waals surface area contributed by atoms with Gasteiger partial charge in [0.15, 0.2) is 0 Å². The van der Waals surface area contributed by atoms with Gasteiger partial charge in [0, 0.05) is 48.1 Å². The molecule has 0 unspecified atom stereocenters. The van der Waals surface area contributed by atoms with Crippen molar-refractivity contribution < 1.29 is 4.79 Å². The molecule has 0 aliphatic carbocycles. The fourth-order valence-corrected chi connectivity index (χ4v) is 4.42. The van der Waals surface area contributed by atoms with Crippen LogP contribution in [0.3, 0.4) is 0 Å². The molecule has 3 heterocycles. The van der Waals surface area contributed by atoms with Gasteiger partial charge in [-0.05, 0) is 24.3 Å². The number of piperazine rings is 1. The van der Waals surface area contributed by atoms with Crippen LogP contribution in [0.25, 0.3) is 21.6 Å². The van der Waals surface area contributed by atoms with E-state index in [2.05, 4.69) is 39.1 Å². The summed E-state index contributed by atoms with van der Waals surface area (Å²) in [7, 11) is 0. The summed E-state index contributed by atoms with van der Waals surface area (Å²) in [6, 6.07) is 20.6. The molecule has 28 heavy (non-hydrogen) atoms. The number of anilines is 1. The van der Waals surface area contributed by atoms with Crippen molar-refractivity contribution in [3.63, 3.8) is 0 Å². The molecular weight excluding hydrogens is 368 g/mol. The van der Waals surface area contributed by atoms with Gasteiger partial charge >= 0.3 is 0 Å². The summed E-state index contributed by atoms with van der Waals surface area (Å²) in [5.41, 5.74) is 3.79. The molecule has 5 rings (SSSR count). The fraction of sp³-hybridized carbons (Fsp3) is 0.182. The standard InChI is InChI=1S/C22H20N4OS/c27-22(26-12-10-25(11-13-26)17-7-2-1-3-8-17)20-15-28-21(24-20)19-14-16-6-4-5-9-18(16)23-19/h1-9,14-15,23H,10-13H2. The van der Waals surface area contributed by atoms with Crippen molar-refractivity contribution in [1.29, 1.82) is 0 Å². The molecule has 1 aliphatic heterocycles. The number of carbonyl (C=O) groups is 1. The van der Waals surface area contributed by atoms with Crippen molar-refractivity contribution in [2.75, 3.05) is 31.1 Å². The molecule has 5 nitrogen and oxygen atoms in total. The molecule has 0 bridgehead atoms. The van der Waals surface area contributed by atoms with E-state index < -0.39 is 0 Å². The largest absolute Gasteiger partial charge is 0.368 e. The van der Waals surface area contributed by atoms with E-state index in [1.807, 2.05) is 46.7 Å². The van der Waals surface area contributed by atoms with Gasteiger partial charge in [-0.1, -0.05) is 36.4 Å². The van der Waals surface area contributed by atoms with Gasteiger partial charge in [0.25, 0.3) is 5.91 Å². The molecule has 2 aromatic carbocycles. The van der Waals surface area contributed by atoms with Crippen molar-refractivity contribution in [1.82, 2.24) is 14.9 Å². The van der Waals surface area contributed by atoms with Gasteiger partial charge in [0.2, 0.25) is 0 Å². The van der Waals surface area contributed by atoms with Gasteiger partial charge < -0.3 is 14.8 Å². The van der Waals surface area contributed by atoms with Crippen molar-refractivity contribution in [2.24, 2.45) is 0 Å². The number of H-pyrrole nitrogens is 1. The van der Waals surface area contributed by atoms with Crippen LogP contribution < -0.4 is 4.90 Å². The van der Waals surface area contributed by atoms with Gasteiger partial charge in [-0.25, -0.2) is 4.98 Å². The summed E-state index contributed by atoms with van der Waals surface area (Å²) in [6.07, 6.45) is 0. The first-order chi connectivity index (χ1) is 13.8. The Labute approximate surface area is 167 Å². The van der Waals surface area contributed by atoms with E-state index in [0.717, 1.165) is 34.7 Å². The average molecular weight is 388 g/mol. The molecule has 1 N–H and O–H groups in total. The summed E-state index contributed by atoms with van der Waals surface area (Å²) < 4.78 is 0. The number of aromatic amines is 1. The third kappa shape index (κ3) is 3.16. The van der Waals surface area contributed by atoms with Gasteiger partial charge in [0.1, 0.15) is 10.7 Å². The molecule has 1 amide bonds. The first kappa shape index (κ1) is 17.0. The first-order valence-electron chi connectivity index (χ1n) is 9.41. The number of nitrogens with zero attached hydrogens (tertiary/aromatic N) is 3. The van der Waals surface area contributed by atoms with E-state index in [0.29, 0.717) is 18.8 Å². The summed E-state index contributed by atoms with van der Waals surface area (Å²) >= 11 is 1.51. The Morgan fingerprint density at radius 3 is 2.50 bits per heavy atom. The lowest BCUT2D eigenvalue weighted by atomic mass is 10.2. The number of rotatable bonds is 3. The molecule has 0 atom stereocenters. The van der Waals surface area contributed by atoms with E-state index >= 15 is 0 Å². The van der Waals surface area contributed by atoms with Crippen LogP contribution in [0.2, 0.25) is 0 Å². The van der Waals surface area contributed by atoms with Crippen LogP contribution in [0.1, 0.15) is 10.5 Å². The van der Waals surface area contributed by atoms with E-state index in [-0.39, 0.29) is 5.91 Å². The van der Waals surface area contributed by atoms with Gasteiger partial charge in [-0.15, -0.1) is 11.3 Å². The Balaban J connectivity index is 1.29. The van der Waals surface area contributed by atoms with Crippen molar-refractivity contribution in [3.8, 4) is 10.7 Å². The third-order valence-electron chi connectivity index (χ3n) is 5.17. The molecule has 1 saturated heterocycles. The zero-order chi connectivity index (χ0) is 18.9. The minimum atomic E-state index is 0.0197. The highest BCUT2D eigenvalue weighted by molar-refractivity contribution is 7.13. The summed E-state index contributed by atoms with van der Waals surface area (Å²) in [4.78, 5) is 25.1. The van der Waals surface area contributed by atoms with Crippen LogP contribution in [-0.4, -0.2) is 47.0 Å².